The van der Waals surface area contributed by atoms with Gasteiger partial charge in [0.2, 0.25) is 10.0 Å². The SMILES string of the molecule is Cc1ccc(CN(c2ccc(C#N)cc2)c2nc(C(=O)NS(C)(=O)=O)c(Cl)s2)cc1. The van der Waals surface area contributed by atoms with E-state index in [1.54, 1.807) is 24.3 Å². The number of rotatable bonds is 6. The van der Waals surface area contributed by atoms with Crippen LogP contribution >= 0.6 is 22.9 Å². The summed E-state index contributed by atoms with van der Waals surface area (Å²) in [4.78, 5) is 18.4. The standard InChI is InChI=1S/C20H17ClN4O3S2/c1-13-3-5-15(6-4-13)12-25(16-9-7-14(11-22)8-10-16)20-23-17(18(21)29-20)19(26)24-30(2,27)28/h3-10H,12H2,1-2H3,(H,24,26). The Morgan fingerprint density at radius 3 is 2.40 bits per heavy atom. The molecule has 0 spiro atoms. The molecule has 30 heavy (non-hydrogen) atoms. The smallest absolute Gasteiger partial charge is 0.285 e. The lowest BCUT2D eigenvalue weighted by atomic mass is 10.1. The van der Waals surface area contributed by atoms with Crippen molar-refractivity contribution in [3.63, 3.8) is 0 Å². The van der Waals surface area contributed by atoms with Crippen molar-refractivity contribution >= 4 is 49.7 Å². The van der Waals surface area contributed by atoms with Gasteiger partial charge in [0, 0.05) is 5.69 Å². The van der Waals surface area contributed by atoms with Crippen molar-refractivity contribution in [3.8, 4) is 6.07 Å². The van der Waals surface area contributed by atoms with Gasteiger partial charge in [-0.2, -0.15) is 5.26 Å². The van der Waals surface area contributed by atoms with Crippen molar-refractivity contribution in [3.05, 3.63) is 75.3 Å². The van der Waals surface area contributed by atoms with E-state index < -0.39 is 15.9 Å². The van der Waals surface area contributed by atoms with E-state index in [4.69, 9.17) is 16.9 Å². The summed E-state index contributed by atoms with van der Waals surface area (Å²) in [5.41, 5.74) is 3.22. The van der Waals surface area contributed by atoms with E-state index >= 15 is 0 Å². The van der Waals surface area contributed by atoms with Crippen molar-refractivity contribution in [2.24, 2.45) is 0 Å². The van der Waals surface area contributed by atoms with Crippen molar-refractivity contribution in [2.45, 2.75) is 13.5 Å². The minimum atomic E-state index is -3.75. The average Bonchev–Trinajstić information content (AvgIpc) is 3.08. The molecule has 1 aromatic heterocycles. The molecule has 0 radical (unpaired) electrons. The van der Waals surface area contributed by atoms with Crippen LogP contribution in [0.3, 0.4) is 0 Å². The minimum Gasteiger partial charge on any atom is -0.313 e. The minimum absolute atomic E-state index is 0.0775. The molecule has 0 aliphatic rings. The molecular formula is C20H17ClN4O3S2. The maximum absolute atomic E-state index is 12.2. The van der Waals surface area contributed by atoms with Gasteiger partial charge in [-0.05, 0) is 36.8 Å². The molecule has 0 unspecified atom stereocenters. The van der Waals surface area contributed by atoms with Gasteiger partial charge in [-0.15, -0.1) is 0 Å². The molecule has 1 heterocycles. The third-order valence-corrected chi connectivity index (χ3v) is 5.90. The summed E-state index contributed by atoms with van der Waals surface area (Å²) in [5, 5.41) is 9.47. The first-order valence-electron chi connectivity index (χ1n) is 8.68. The lowest BCUT2D eigenvalue weighted by Gasteiger charge is -2.22. The number of aromatic nitrogens is 1. The van der Waals surface area contributed by atoms with E-state index in [0.717, 1.165) is 34.4 Å². The molecule has 10 heteroatoms. The molecule has 0 saturated heterocycles. The Morgan fingerprint density at radius 1 is 1.20 bits per heavy atom. The molecule has 1 N–H and O–H groups in total. The van der Waals surface area contributed by atoms with Gasteiger partial charge >= 0.3 is 0 Å². The number of hydrogen-bond acceptors (Lipinski definition) is 7. The monoisotopic (exact) mass is 460 g/mol. The van der Waals surface area contributed by atoms with Gasteiger partial charge in [0.1, 0.15) is 4.34 Å². The highest BCUT2D eigenvalue weighted by Crippen LogP contribution is 2.36. The fraction of sp³-hybridized carbons (Fsp3) is 0.150. The number of sulfonamides is 1. The number of nitrogens with zero attached hydrogens (tertiary/aromatic N) is 3. The zero-order valence-corrected chi connectivity index (χ0v) is 18.5. The van der Waals surface area contributed by atoms with Gasteiger partial charge in [-0.3, -0.25) is 4.79 Å². The number of carbonyl (C=O) groups is 1. The highest BCUT2D eigenvalue weighted by atomic mass is 35.5. The molecule has 154 valence electrons. The fourth-order valence-electron chi connectivity index (χ4n) is 2.62. The van der Waals surface area contributed by atoms with Gasteiger partial charge in [-0.1, -0.05) is 52.8 Å². The summed E-state index contributed by atoms with van der Waals surface area (Å²) in [6, 6.07) is 17.0. The number of amides is 1. The summed E-state index contributed by atoms with van der Waals surface area (Å²) in [6.07, 6.45) is 0.881. The van der Waals surface area contributed by atoms with Crippen molar-refractivity contribution in [1.82, 2.24) is 9.71 Å². The maximum Gasteiger partial charge on any atom is 0.285 e. The number of anilines is 2. The molecule has 0 fully saturated rings. The zero-order valence-electron chi connectivity index (χ0n) is 16.1. The molecule has 1 amide bonds. The number of aryl methyl sites for hydroxylation is 1. The first-order valence-corrected chi connectivity index (χ1v) is 11.8. The Hall–Kier alpha value is -2.93. The number of carbonyl (C=O) groups excluding carboxylic acids is 1. The average molecular weight is 461 g/mol. The quantitative estimate of drug-likeness (QED) is 0.596. The summed E-state index contributed by atoms with van der Waals surface area (Å²) < 4.78 is 24.7. The van der Waals surface area contributed by atoms with Crippen LogP contribution in [0.4, 0.5) is 10.8 Å². The molecule has 3 rings (SSSR count). The molecule has 0 aliphatic heterocycles. The largest absolute Gasteiger partial charge is 0.313 e. The predicted octanol–water partition coefficient (Wildman–Crippen LogP) is 4.00. The van der Waals surface area contributed by atoms with Gasteiger partial charge in [0.15, 0.2) is 10.8 Å². The number of benzene rings is 2. The first kappa shape index (κ1) is 21.8. The van der Waals surface area contributed by atoms with Crippen molar-refractivity contribution in [2.75, 3.05) is 11.2 Å². The van der Waals surface area contributed by atoms with Crippen molar-refractivity contribution in [1.29, 1.82) is 5.26 Å². The Morgan fingerprint density at radius 2 is 1.83 bits per heavy atom. The van der Waals surface area contributed by atoms with Crippen LogP contribution in [0.1, 0.15) is 27.2 Å². The van der Waals surface area contributed by atoms with Crippen LogP contribution in [0.25, 0.3) is 0 Å². The molecule has 3 aromatic rings. The Kier molecular flexibility index (Phi) is 6.41. The molecule has 0 bridgehead atoms. The molecule has 0 saturated carbocycles. The normalized spacial score (nSPS) is 11.0. The lowest BCUT2D eigenvalue weighted by molar-refractivity contribution is 0.0977. The molecule has 2 aromatic carbocycles. The van der Waals surface area contributed by atoms with Gasteiger partial charge in [0.05, 0.1) is 24.4 Å². The Labute approximate surface area is 183 Å². The van der Waals surface area contributed by atoms with Crippen LogP contribution in [-0.4, -0.2) is 25.6 Å². The number of thiazole rings is 1. The van der Waals surface area contributed by atoms with E-state index in [1.807, 2.05) is 40.8 Å². The van der Waals surface area contributed by atoms with E-state index in [0.29, 0.717) is 17.2 Å². The van der Waals surface area contributed by atoms with Crippen LogP contribution in [0.15, 0.2) is 48.5 Å². The van der Waals surface area contributed by atoms with Gasteiger partial charge < -0.3 is 4.90 Å². The van der Waals surface area contributed by atoms with E-state index in [-0.39, 0.29) is 10.0 Å². The van der Waals surface area contributed by atoms with Crippen LogP contribution in [0, 0.1) is 18.3 Å². The second kappa shape index (κ2) is 8.83. The molecular weight excluding hydrogens is 444 g/mol. The van der Waals surface area contributed by atoms with E-state index in [9.17, 15) is 13.2 Å². The Bertz CT molecular complexity index is 1210. The van der Waals surface area contributed by atoms with E-state index in [1.165, 1.54) is 0 Å². The number of hydrogen-bond donors (Lipinski definition) is 1. The lowest BCUT2D eigenvalue weighted by Crippen LogP contribution is -2.29. The number of halogens is 1. The van der Waals surface area contributed by atoms with E-state index in [2.05, 4.69) is 11.1 Å². The third-order valence-electron chi connectivity index (χ3n) is 4.07. The fourth-order valence-corrected chi connectivity index (χ4v) is 4.21. The summed E-state index contributed by atoms with van der Waals surface area (Å²) in [6.45, 7) is 2.43. The van der Waals surface area contributed by atoms with Crippen LogP contribution in [-0.2, 0) is 16.6 Å². The van der Waals surface area contributed by atoms with Crippen LogP contribution in [0.5, 0.6) is 0 Å². The second-order valence-electron chi connectivity index (χ2n) is 6.55. The predicted molar refractivity (Wildman–Crippen MR) is 118 cm³/mol. The summed E-state index contributed by atoms with van der Waals surface area (Å²) in [5.74, 6) is -0.889. The summed E-state index contributed by atoms with van der Waals surface area (Å²) >= 11 is 7.27. The third kappa shape index (κ3) is 5.36. The topological polar surface area (TPSA) is 103 Å². The van der Waals surface area contributed by atoms with Crippen LogP contribution < -0.4 is 9.62 Å². The molecule has 0 atom stereocenters. The zero-order chi connectivity index (χ0) is 21.9. The van der Waals surface area contributed by atoms with Crippen LogP contribution in [0.2, 0.25) is 4.34 Å². The maximum atomic E-state index is 12.2. The second-order valence-corrected chi connectivity index (χ2v) is 9.88. The molecule has 0 aliphatic carbocycles. The van der Waals surface area contributed by atoms with Gasteiger partial charge in [-0.25, -0.2) is 18.1 Å². The highest BCUT2D eigenvalue weighted by molar-refractivity contribution is 7.89. The van der Waals surface area contributed by atoms with Crippen molar-refractivity contribution < 1.29 is 13.2 Å². The highest BCUT2D eigenvalue weighted by Gasteiger charge is 2.23. The number of nitrogens with one attached hydrogen (secondary N) is 1. The summed E-state index contributed by atoms with van der Waals surface area (Å²) in [7, 11) is -3.75. The first-order chi connectivity index (χ1) is 14.2. The molecule has 7 nitrogen and oxygen atoms in total. The number of nitriles is 1. The Balaban J connectivity index is 2.01. The van der Waals surface area contributed by atoms with Gasteiger partial charge in [0.25, 0.3) is 5.91 Å².